The lowest BCUT2D eigenvalue weighted by Gasteiger charge is -2.23. The van der Waals surface area contributed by atoms with Gasteiger partial charge in [-0.05, 0) is 74.8 Å². The SMILES string of the molecule is C=CCCN(CCC)CC1=CC=C(C#Cc2ccc(C(C)C/C(NC=NC)=C(\C)C=C)cc2)CC1. The molecule has 3 heteroatoms. The molecule has 1 aliphatic rings. The summed E-state index contributed by atoms with van der Waals surface area (Å²) in [7, 11) is 1.77. The Morgan fingerprint density at radius 3 is 2.51 bits per heavy atom. The van der Waals surface area contributed by atoms with Crippen LogP contribution in [-0.4, -0.2) is 37.9 Å². The molecule has 0 aromatic heterocycles. The zero-order valence-corrected chi connectivity index (χ0v) is 22.2. The monoisotopic (exact) mass is 469 g/mol. The Kier molecular flexibility index (Phi) is 12.7. The quantitative estimate of drug-likeness (QED) is 0.109. The summed E-state index contributed by atoms with van der Waals surface area (Å²) in [6.45, 7) is 17.6. The van der Waals surface area contributed by atoms with Crippen molar-refractivity contribution in [2.24, 2.45) is 4.99 Å². The van der Waals surface area contributed by atoms with E-state index in [4.69, 9.17) is 0 Å². The molecule has 0 amide bonds. The predicted octanol–water partition coefficient (Wildman–Crippen LogP) is 7.17. The number of benzene rings is 1. The molecular formula is C32H43N3. The first-order chi connectivity index (χ1) is 17.0. The minimum atomic E-state index is 0.378. The van der Waals surface area contributed by atoms with Crippen molar-refractivity contribution in [1.82, 2.24) is 10.2 Å². The van der Waals surface area contributed by atoms with Crippen molar-refractivity contribution in [3.05, 3.63) is 95.3 Å². The van der Waals surface area contributed by atoms with Gasteiger partial charge in [-0.3, -0.25) is 9.89 Å². The fourth-order valence-electron chi connectivity index (χ4n) is 4.13. The number of hydrogen-bond donors (Lipinski definition) is 1. The van der Waals surface area contributed by atoms with Crippen molar-refractivity contribution in [1.29, 1.82) is 0 Å². The van der Waals surface area contributed by atoms with E-state index in [-0.39, 0.29) is 0 Å². The second kappa shape index (κ2) is 15.7. The molecule has 1 atom stereocenters. The maximum Gasteiger partial charge on any atom is 0.0862 e. The van der Waals surface area contributed by atoms with Crippen LogP contribution in [-0.2, 0) is 0 Å². The number of nitrogens with zero attached hydrogens (tertiary/aromatic N) is 2. The molecule has 3 nitrogen and oxygen atoms in total. The second-order valence-electron chi connectivity index (χ2n) is 9.24. The number of rotatable bonds is 13. The fraction of sp³-hybridized carbons (Fsp3) is 0.406. The molecule has 1 N–H and O–H groups in total. The molecule has 0 aliphatic heterocycles. The van der Waals surface area contributed by atoms with Gasteiger partial charge in [0.15, 0.2) is 0 Å². The van der Waals surface area contributed by atoms with E-state index in [9.17, 15) is 0 Å². The van der Waals surface area contributed by atoms with Crippen LogP contribution in [0, 0.1) is 11.8 Å². The maximum atomic E-state index is 4.04. The third-order valence-corrected chi connectivity index (χ3v) is 6.36. The molecule has 1 aromatic carbocycles. The molecule has 0 saturated carbocycles. The first-order valence-electron chi connectivity index (χ1n) is 12.8. The van der Waals surface area contributed by atoms with Gasteiger partial charge >= 0.3 is 0 Å². The zero-order chi connectivity index (χ0) is 25.5. The van der Waals surface area contributed by atoms with Gasteiger partial charge in [-0.1, -0.05) is 74.3 Å². The minimum absolute atomic E-state index is 0.378. The molecule has 186 valence electrons. The third kappa shape index (κ3) is 9.97. The van der Waals surface area contributed by atoms with E-state index < -0.39 is 0 Å². The highest BCUT2D eigenvalue weighted by Crippen LogP contribution is 2.24. The Labute approximate surface area is 214 Å². The van der Waals surface area contributed by atoms with Crippen molar-refractivity contribution < 1.29 is 0 Å². The van der Waals surface area contributed by atoms with E-state index >= 15 is 0 Å². The number of hydrogen-bond acceptors (Lipinski definition) is 2. The lowest BCUT2D eigenvalue weighted by atomic mass is 9.93. The average molecular weight is 470 g/mol. The maximum absolute atomic E-state index is 4.04. The first kappa shape index (κ1) is 28.1. The molecule has 0 spiro atoms. The second-order valence-corrected chi connectivity index (χ2v) is 9.24. The van der Waals surface area contributed by atoms with Crippen LogP contribution in [0.2, 0.25) is 0 Å². The zero-order valence-electron chi connectivity index (χ0n) is 22.2. The van der Waals surface area contributed by atoms with E-state index in [1.807, 2.05) is 12.2 Å². The fourth-order valence-corrected chi connectivity index (χ4v) is 4.13. The Hall–Kier alpha value is -3.09. The molecule has 0 heterocycles. The molecule has 1 unspecified atom stereocenters. The highest BCUT2D eigenvalue weighted by molar-refractivity contribution is 5.58. The summed E-state index contributed by atoms with van der Waals surface area (Å²) < 4.78 is 0. The molecule has 0 radical (unpaired) electrons. The van der Waals surface area contributed by atoms with Gasteiger partial charge in [0.1, 0.15) is 0 Å². The van der Waals surface area contributed by atoms with Crippen molar-refractivity contribution >= 4 is 6.34 Å². The van der Waals surface area contributed by atoms with Crippen LogP contribution >= 0.6 is 0 Å². The molecule has 35 heavy (non-hydrogen) atoms. The summed E-state index contributed by atoms with van der Waals surface area (Å²) in [5.41, 5.74) is 7.38. The minimum Gasteiger partial charge on any atom is -0.350 e. The average Bonchev–Trinajstić information content (AvgIpc) is 2.89. The summed E-state index contributed by atoms with van der Waals surface area (Å²) in [6, 6.07) is 8.66. The van der Waals surface area contributed by atoms with Crippen LogP contribution in [0.4, 0.5) is 0 Å². The predicted molar refractivity (Wildman–Crippen MR) is 154 cm³/mol. The summed E-state index contributed by atoms with van der Waals surface area (Å²) in [5.74, 6) is 7.13. The number of nitrogens with one attached hydrogen (secondary N) is 1. The van der Waals surface area contributed by atoms with Gasteiger partial charge in [0.2, 0.25) is 0 Å². The van der Waals surface area contributed by atoms with Crippen molar-refractivity contribution in [2.75, 3.05) is 26.7 Å². The molecule has 0 bridgehead atoms. The molecule has 1 aromatic rings. The summed E-state index contributed by atoms with van der Waals surface area (Å²) in [5, 5.41) is 3.29. The van der Waals surface area contributed by atoms with E-state index in [0.717, 1.165) is 62.2 Å². The van der Waals surface area contributed by atoms with Gasteiger partial charge in [-0.25, -0.2) is 0 Å². The van der Waals surface area contributed by atoms with E-state index in [2.05, 4.69) is 97.4 Å². The van der Waals surface area contributed by atoms with Crippen molar-refractivity contribution in [3.63, 3.8) is 0 Å². The Balaban J connectivity index is 2.00. The van der Waals surface area contributed by atoms with Crippen molar-refractivity contribution in [3.8, 4) is 11.8 Å². The van der Waals surface area contributed by atoms with Gasteiger partial charge in [0.05, 0.1) is 6.34 Å². The van der Waals surface area contributed by atoms with Crippen LogP contribution in [0.15, 0.2) is 89.1 Å². The molecule has 2 rings (SSSR count). The Bertz CT molecular complexity index is 1010. The van der Waals surface area contributed by atoms with Crippen LogP contribution in [0.5, 0.6) is 0 Å². The van der Waals surface area contributed by atoms with Gasteiger partial charge in [-0.2, -0.15) is 0 Å². The topological polar surface area (TPSA) is 27.6 Å². The van der Waals surface area contributed by atoms with Crippen LogP contribution < -0.4 is 5.32 Å². The molecule has 1 aliphatic carbocycles. The normalized spacial score (nSPS) is 15.0. The molecule has 0 fully saturated rings. The Morgan fingerprint density at radius 2 is 1.91 bits per heavy atom. The van der Waals surface area contributed by atoms with Crippen LogP contribution in [0.3, 0.4) is 0 Å². The third-order valence-electron chi connectivity index (χ3n) is 6.36. The van der Waals surface area contributed by atoms with E-state index in [0.29, 0.717) is 5.92 Å². The van der Waals surface area contributed by atoms with Gasteiger partial charge < -0.3 is 5.32 Å². The highest BCUT2D eigenvalue weighted by Gasteiger charge is 2.11. The van der Waals surface area contributed by atoms with E-state index in [1.54, 1.807) is 13.4 Å². The lowest BCUT2D eigenvalue weighted by Crippen LogP contribution is -2.28. The molecular weight excluding hydrogens is 426 g/mol. The summed E-state index contributed by atoms with van der Waals surface area (Å²) >= 11 is 0. The van der Waals surface area contributed by atoms with Gasteiger partial charge in [0, 0.05) is 37.0 Å². The van der Waals surface area contributed by atoms with Gasteiger partial charge in [0.25, 0.3) is 0 Å². The standard InChI is InChI=1S/C32H43N3/c1-7-10-22-35(21-8-2)24-30-15-13-28(14-16-30)11-12-29-17-19-31(20-18-29)27(5)23-32(26(4)9-3)34-25-33-6/h7,9,13,15,17-20,25,27H,1,3,8,10,14,16,21-24H2,2,4-6H3,(H,33,34)/b32-26-. The van der Waals surface area contributed by atoms with E-state index in [1.165, 1.54) is 23.1 Å². The van der Waals surface area contributed by atoms with Gasteiger partial charge in [-0.15, -0.1) is 6.58 Å². The summed E-state index contributed by atoms with van der Waals surface area (Å²) in [4.78, 5) is 6.58. The highest BCUT2D eigenvalue weighted by atomic mass is 15.1. The summed E-state index contributed by atoms with van der Waals surface area (Å²) in [6.07, 6.45) is 15.4. The lowest BCUT2D eigenvalue weighted by molar-refractivity contribution is 0.299. The smallest absolute Gasteiger partial charge is 0.0862 e. The molecule has 0 saturated heterocycles. The number of allylic oxidation sites excluding steroid dienone is 6. The van der Waals surface area contributed by atoms with Crippen LogP contribution in [0.25, 0.3) is 0 Å². The Morgan fingerprint density at radius 1 is 1.14 bits per heavy atom. The first-order valence-corrected chi connectivity index (χ1v) is 12.8. The number of aliphatic imine (C=N–C) groups is 1. The van der Waals surface area contributed by atoms with Crippen molar-refractivity contribution in [2.45, 2.75) is 58.8 Å². The van der Waals surface area contributed by atoms with Crippen LogP contribution in [0.1, 0.15) is 69.9 Å². The largest absolute Gasteiger partial charge is 0.350 e.